The lowest BCUT2D eigenvalue weighted by molar-refractivity contribution is -0.119. The molecule has 0 aliphatic carbocycles. The monoisotopic (exact) mass is 530 g/mol. The van der Waals surface area contributed by atoms with Gasteiger partial charge in [0.1, 0.15) is 12.4 Å². The van der Waals surface area contributed by atoms with Gasteiger partial charge in [-0.25, -0.2) is 14.8 Å². The quantitative estimate of drug-likeness (QED) is 0.351. The van der Waals surface area contributed by atoms with Crippen molar-refractivity contribution in [3.63, 3.8) is 0 Å². The molecule has 3 aromatic heterocycles. The maximum Gasteiger partial charge on any atom is 0.332 e. The Morgan fingerprint density at radius 2 is 1.95 bits per heavy atom. The number of para-hydroxylation sites is 1. The zero-order valence-corrected chi connectivity index (χ0v) is 22.1. The number of nitrogens with zero attached hydrogens (tertiary/aromatic N) is 7. The summed E-state index contributed by atoms with van der Waals surface area (Å²) in [7, 11) is 1.57. The molecule has 1 aromatic carbocycles. The number of piperidine rings is 1. The first-order chi connectivity index (χ1) is 18.8. The maximum atomic E-state index is 13.9. The van der Waals surface area contributed by atoms with Gasteiger partial charge in [-0.15, -0.1) is 0 Å². The predicted molar refractivity (Wildman–Crippen MR) is 147 cm³/mol. The number of carbonyl (C=O) groups excluding carboxylic acids is 1. The number of aliphatic hydroxyl groups excluding tert-OH is 1. The van der Waals surface area contributed by atoms with Gasteiger partial charge in [0.25, 0.3) is 5.56 Å². The Morgan fingerprint density at radius 3 is 2.72 bits per heavy atom. The minimum absolute atomic E-state index is 0.0678. The number of hydrogen-bond donors (Lipinski definition) is 2. The molecule has 2 N–H and O–H groups in total. The van der Waals surface area contributed by atoms with Gasteiger partial charge in [0, 0.05) is 44.2 Å². The van der Waals surface area contributed by atoms with Gasteiger partial charge in [-0.1, -0.05) is 30.0 Å². The van der Waals surface area contributed by atoms with E-state index in [2.05, 4.69) is 27.1 Å². The highest BCUT2D eigenvalue weighted by Gasteiger charge is 2.27. The lowest BCUT2D eigenvalue weighted by atomic mass is 10.1. The van der Waals surface area contributed by atoms with Gasteiger partial charge in [-0.2, -0.15) is 4.98 Å². The van der Waals surface area contributed by atoms with Crippen LogP contribution in [0.4, 0.5) is 5.95 Å². The normalized spacial score (nSPS) is 15.4. The fraction of sp³-hybridized carbons (Fsp3) is 0.407. The van der Waals surface area contributed by atoms with E-state index < -0.39 is 11.2 Å². The Labute approximate surface area is 223 Å². The Hall–Kier alpha value is -4.50. The van der Waals surface area contributed by atoms with Crippen LogP contribution in [0.15, 0.2) is 33.9 Å². The number of amides is 1. The lowest BCUT2D eigenvalue weighted by Gasteiger charge is -2.33. The second kappa shape index (κ2) is 10.7. The SMILES string of the molecule is CC(=O)N[C@@H]1CCCN(c2nc3c(c(=O)n(Cc4nc(C)c5ccccc5n4)c(=O)n3C)n2CC#CCO)C1. The number of aromatic nitrogens is 6. The van der Waals surface area contributed by atoms with Gasteiger partial charge in [0.2, 0.25) is 11.9 Å². The summed E-state index contributed by atoms with van der Waals surface area (Å²) in [5.41, 5.74) is 0.887. The molecule has 1 amide bonds. The molecule has 12 nitrogen and oxygen atoms in total. The zero-order chi connectivity index (χ0) is 27.7. The molecule has 0 saturated carbocycles. The van der Waals surface area contributed by atoms with Gasteiger partial charge in [0.15, 0.2) is 11.2 Å². The summed E-state index contributed by atoms with van der Waals surface area (Å²) in [6, 6.07) is 7.51. The first kappa shape index (κ1) is 26.1. The van der Waals surface area contributed by atoms with Crippen LogP contribution in [0.5, 0.6) is 0 Å². The van der Waals surface area contributed by atoms with E-state index >= 15 is 0 Å². The molecule has 0 spiro atoms. The smallest absolute Gasteiger partial charge is 0.332 e. The number of aliphatic hydroxyl groups is 1. The first-order valence-corrected chi connectivity index (χ1v) is 12.8. The van der Waals surface area contributed by atoms with Crippen LogP contribution in [-0.2, 0) is 24.9 Å². The molecule has 1 atom stereocenters. The largest absolute Gasteiger partial charge is 0.384 e. The van der Waals surface area contributed by atoms with Crippen LogP contribution in [0, 0.1) is 18.8 Å². The summed E-state index contributed by atoms with van der Waals surface area (Å²) in [4.78, 5) is 54.8. The molecule has 202 valence electrons. The molecule has 4 aromatic rings. The first-order valence-electron chi connectivity index (χ1n) is 12.8. The van der Waals surface area contributed by atoms with Crippen LogP contribution >= 0.6 is 0 Å². The Balaban J connectivity index is 1.64. The summed E-state index contributed by atoms with van der Waals surface area (Å²) >= 11 is 0. The number of aryl methyl sites for hydroxylation is 2. The molecule has 1 aliphatic rings. The van der Waals surface area contributed by atoms with Crippen molar-refractivity contribution in [1.29, 1.82) is 0 Å². The second-order valence-electron chi connectivity index (χ2n) is 9.64. The molecule has 1 saturated heterocycles. The van der Waals surface area contributed by atoms with Crippen molar-refractivity contribution in [2.75, 3.05) is 24.6 Å². The second-order valence-corrected chi connectivity index (χ2v) is 9.64. The molecule has 1 aliphatic heterocycles. The third-order valence-corrected chi connectivity index (χ3v) is 6.90. The summed E-state index contributed by atoms with van der Waals surface area (Å²) < 4.78 is 4.14. The molecule has 0 bridgehead atoms. The van der Waals surface area contributed by atoms with Crippen molar-refractivity contribution in [3.05, 3.63) is 56.6 Å². The number of hydrogen-bond acceptors (Lipinski definition) is 8. The van der Waals surface area contributed by atoms with Crippen molar-refractivity contribution < 1.29 is 9.90 Å². The molecule has 4 heterocycles. The summed E-state index contributed by atoms with van der Waals surface area (Å²) in [5, 5.41) is 13.1. The van der Waals surface area contributed by atoms with Crippen molar-refractivity contribution in [3.8, 4) is 11.8 Å². The summed E-state index contributed by atoms with van der Waals surface area (Å²) in [6.07, 6.45) is 1.65. The molecule has 0 radical (unpaired) electrons. The highest BCUT2D eigenvalue weighted by Crippen LogP contribution is 2.23. The van der Waals surface area contributed by atoms with Crippen LogP contribution in [0.25, 0.3) is 22.1 Å². The van der Waals surface area contributed by atoms with E-state index in [1.54, 1.807) is 11.6 Å². The Morgan fingerprint density at radius 1 is 1.15 bits per heavy atom. The van der Waals surface area contributed by atoms with E-state index in [0.717, 1.165) is 34.0 Å². The van der Waals surface area contributed by atoms with Gasteiger partial charge >= 0.3 is 5.69 Å². The Bertz CT molecular complexity index is 1760. The third kappa shape index (κ3) is 5.00. The van der Waals surface area contributed by atoms with Gasteiger partial charge in [0.05, 0.1) is 18.6 Å². The highest BCUT2D eigenvalue weighted by molar-refractivity contribution is 5.80. The highest BCUT2D eigenvalue weighted by atomic mass is 16.2. The minimum Gasteiger partial charge on any atom is -0.384 e. The average Bonchev–Trinajstić information content (AvgIpc) is 3.30. The van der Waals surface area contributed by atoms with E-state index in [0.29, 0.717) is 24.9 Å². The van der Waals surface area contributed by atoms with Crippen molar-refractivity contribution in [1.82, 2.24) is 34.0 Å². The number of rotatable bonds is 5. The van der Waals surface area contributed by atoms with E-state index in [4.69, 9.17) is 4.98 Å². The average molecular weight is 531 g/mol. The zero-order valence-electron chi connectivity index (χ0n) is 22.1. The number of imidazole rings is 1. The molecule has 0 unspecified atom stereocenters. The van der Waals surface area contributed by atoms with Gasteiger partial charge < -0.3 is 15.3 Å². The van der Waals surface area contributed by atoms with Crippen LogP contribution < -0.4 is 21.5 Å². The van der Waals surface area contributed by atoms with Crippen LogP contribution in [-0.4, -0.2) is 65.4 Å². The lowest BCUT2D eigenvalue weighted by Crippen LogP contribution is -2.48. The number of carbonyl (C=O) groups is 1. The van der Waals surface area contributed by atoms with Crippen LogP contribution in [0.3, 0.4) is 0 Å². The molecule has 12 heteroatoms. The Kier molecular flexibility index (Phi) is 7.17. The van der Waals surface area contributed by atoms with E-state index in [9.17, 15) is 19.5 Å². The van der Waals surface area contributed by atoms with Gasteiger partial charge in [-0.05, 0) is 25.8 Å². The number of anilines is 1. The fourth-order valence-electron chi connectivity index (χ4n) is 5.15. The van der Waals surface area contributed by atoms with Crippen molar-refractivity contribution in [2.45, 2.75) is 45.8 Å². The van der Waals surface area contributed by atoms with Crippen LogP contribution in [0.2, 0.25) is 0 Å². The summed E-state index contributed by atoms with van der Waals surface area (Å²) in [5.74, 6) is 6.22. The number of fused-ring (bicyclic) bond motifs is 2. The van der Waals surface area contributed by atoms with Crippen LogP contribution in [0.1, 0.15) is 31.3 Å². The molecular weight excluding hydrogens is 500 g/mol. The molecule has 39 heavy (non-hydrogen) atoms. The summed E-state index contributed by atoms with van der Waals surface area (Å²) in [6.45, 7) is 4.18. The van der Waals surface area contributed by atoms with Crippen molar-refractivity contribution >= 4 is 33.9 Å². The topological polar surface area (TPSA) is 140 Å². The van der Waals surface area contributed by atoms with E-state index in [1.165, 1.54) is 11.5 Å². The van der Waals surface area contributed by atoms with Crippen molar-refractivity contribution in [2.24, 2.45) is 7.05 Å². The maximum absolute atomic E-state index is 13.9. The minimum atomic E-state index is -0.533. The van der Waals surface area contributed by atoms with Gasteiger partial charge in [-0.3, -0.25) is 23.3 Å². The number of benzene rings is 1. The molecule has 5 rings (SSSR count). The predicted octanol–water partition coefficient (Wildman–Crippen LogP) is 0.297. The molecule has 1 fully saturated rings. The molecular formula is C27H30N8O4. The van der Waals surface area contributed by atoms with E-state index in [-0.39, 0.29) is 42.8 Å². The fourth-order valence-corrected chi connectivity index (χ4v) is 5.15. The van der Waals surface area contributed by atoms with E-state index in [1.807, 2.05) is 36.1 Å². The third-order valence-electron chi connectivity index (χ3n) is 6.90. The number of nitrogens with one attached hydrogen (secondary N) is 1. The standard InChI is InChI=1S/C27H30N8O4/c1-17-20-10-4-5-11-21(20)30-22(28-17)16-35-25(38)23-24(32(3)27(35)39)31-26(34(23)13-6-7-14-36)33-12-8-9-19(15-33)29-18(2)37/h4-5,10-11,19,36H,8-9,12-16H2,1-3H3,(H,29,37)/t19-/m1/s1.